The Hall–Kier alpha value is -2.02. The molecule has 0 saturated carbocycles. The van der Waals surface area contributed by atoms with Crippen LogP contribution in [0.1, 0.15) is 5.56 Å². The van der Waals surface area contributed by atoms with E-state index in [0.29, 0.717) is 11.0 Å². The van der Waals surface area contributed by atoms with E-state index in [0.717, 1.165) is 22.9 Å². The number of carboxylic acid groups (broad SMARTS) is 1. The monoisotopic (exact) mass is 265 g/mol. The molecule has 2 aromatic rings. The molecule has 94 valence electrons. The third-order valence-corrected chi connectivity index (χ3v) is 3.09. The molecule has 1 aromatic heterocycles. The molecule has 0 saturated heterocycles. The maximum Gasteiger partial charge on any atom is 0.313 e. The van der Waals surface area contributed by atoms with Gasteiger partial charge in [0.1, 0.15) is 5.75 Å². The number of carboxylic acids is 1. The molecule has 0 radical (unpaired) electrons. The number of nitrogens with zero attached hydrogens (tertiary/aromatic N) is 2. The second kappa shape index (κ2) is 5.09. The summed E-state index contributed by atoms with van der Waals surface area (Å²) in [4.78, 5) is 14.6. The van der Waals surface area contributed by atoms with E-state index in [1.165, 1.54) is 0 Å². The molecule has 2 rings (SSSR count). The normalized spacial score (nSPS) is 10.5. The Bertz CT molecular complexity index is 583. The number of nitrogens with one attached hydrogen (secondary N) is 1. The summed E-state index contributed by atoms with van der Waals surface area (Å²) in [6.45, 7) is 1.79. The molecule has 3 N–H and O–H groups in total. The Kier molecular flexibility index (Phi) is 3.52. The number of rotatable bonds is 4. The van der Waals surface area contributed by atoms with Crippen molar-refractivity contribution >= 4 is 17.7 Å². The van der Waals surface area contributed by atoms with Crippen molar-refractivity contribution in [1.29, 1.82) is 0 Å². The number of phenolic OH excluding ortho intramolecular Hbond substituents is 1. The number of hydrogen-bond acceptors (Lipinski definition) is 5. The molecule has 0 unspecified atom stereocenters. The van der Waals surface area contributed by atoms with Gasteiger partial charge in [0.15, 0.2) is 5.82 Å². The standard InChI is InChI=1S/C11H11N3O3S/c1-6-4-7(2-3-8(6)15)10-12-11(14-13-10)18-5-9(16)17/h2-4,15H,5H2,1H3,(H,16,17)(H,12,13,14). The average molecular weight is 265 g/mol. The second-order valence-electron chi connectivity index (χ2n) is 3.65. The van der Waals surface area contributed by atoms with Crippen LogP contribution in [-0.2, 0) is 4.79 Å². The number of benzene rings is 1. The molecule has 0 aliphatic rings. The van der Waals surface area contributed by atoms with Crippen molar-refractivity contribution in [3.8, 4) is 17.1 Å². The molecule has 0 amide bonds. The zero-order chi connectivity index (χ0) is 13.1. The maximum absolute atomic E-state index is 10.4. The van der Waals surface area contributed by atoms with Gasteiger partial charge < -0.3 is 10.2 Å². The van der Waals surface area contributed by atoms with Crippen LogP contribution in [0.2, 0.25) is 0 Å². The molecule has 18 heavy (non-hydrogen) atoms. The van der Waals surface area contributed by atoms with Gasteiger partial charge in [-0.2, -0.15) is 0 Å². The fourth-order valence-electron chi connectivity index (χ4n) is 1.37. The Morgan fingerprint density at radius 3 is 2.94 bits per heavy atom. The topological polar surface area (TPSA) is 99.1 Å². The SMILES string of the molecule is Cc1cc(-c2nc(SCC(=O)O)n[nH]2)ccc1O. The van der Waals surface area contributed by atoms with Crippen LogP contribution < -0.4 is 0 Å². The number of phenols is 1. The van der Waals surface area contributed by atoms with Crippen LogP contribution in [0.4, 0.5) is 0 Å². The maximum atomic E-state index is 10.4. The van der Waals surface area contributed by atoms with Gasteiger partial charge in [-0.25, -0.2) is 4.98 Å². The molecular formula is C11H11N3O3S. The Balaban J connectivity index is 2.18. The highest BCUT2D eigenvalue weighted by molar-refractivity contribution is 7.99. The summed E-state index contributed by atoms with van der Waals surface area (Å²) in [5, 5.41) is 25.0. The Labute approximate surface area is 107 Å². The van der Waals surface area contributed by atoms with E-state index in [-0.39, 0.29) is 11.5 Å². The summed E-state index contributed by atoms with van der Waals surface area (Å²) in [7, 11) is 0. The van der Waals surface area contributed by atoms with E-state index >= 15 is 0 Å². The minimum Gasteiger partial charge on any atom is -0.508 e. The first-order valence-corrected chi connectivity index (χ1v) is 6.12. The third kappa shape index (κ3) is 2.80. The highest BCUT2D eigenvalue weighted by Crippen LogP contribution is 2.24. The quantitative estimate of drug-likeness (QED) is 0.727. The molecule has 6 nitrogen and oxygen atoms in total. The number of H-pyrrole nitrogens is 1. The van der Waals surface area contributed by atoms with Gasteiger partial charge in [0, 0.05) is 5.56 Å². The molecule has 0 aliphatic heterocycles. The molecule has 0 spiro atoms. The predicted molar refractivity (Wildman–Crippen MR) is 66.6 cm³/mol. The minimum absolute atomic E-state index is 0.0775. The molecule has 1 aromatic carbocycles. The third-order valence-electron chi connectivity index (χ3n) is 2.26. The van der Waals surface area contributed by atoms with Crippen molar-refractivity contribution in [3.05, 3.63) is 23.8 Å². The van der Waals surface area contributed by atoms with Gasteiger partial charge in [0.05, 0.1) is 5.75 Å². The molecule has 0 fully saturated rings. The van der Waals surface area contributed by atoms with Crippen LogP contribution in [-0.4, -0.2) is 37.1 Å². The van der Waals surface area contributed by atoms with Gasteiger partial charge in [-0.1, -0.05) is 11.8 Å². The smallest absolute Gasteiger partial charge is 0.313 e. The first kappa shape index (κ1) is 12.4. The van der Waals surface area contributed by atoms with Crippen LogP contribution in [0.25, 0.3) is 11.4 Å². The summed E-state index contributed by atoms with van der Waals surface area (Å²) in [5.74, 6) is -0.220. The van der Waals surface area contributed by atoms with Gasteiger partial charge in [-0.05, 0) is 30.7 Å². The molecule has 7 heteroatoms. The number of carbonyl (C=O) groups is 1. The largest absolute Gasteiger partial charge is 0.508 e. The molecular weight excluding hydrogens is 254 g/mol. The van der Waals surface area contributed by atoms with Crippen molar-refractivity contribution in [2.24, 2.45) is 0 Å². The molecule has 1 heterocycles. The van der Waals surface area contributed by atoms with Crippen molar-refractivity contribution in [1.82, 2.24) is 15.2 Å². The van der Waals surface area contributed by atoms with E-state index in [1.54, 1.807) is 25.1 Å². The lowest BCUT2D eigenvalue weighted by atomic mass is 10.1. The zero-order valence-electron chi connectivity index (χ0n) is 9.54. The lowest BCUT2D eigenvalue weighted by molar-refractivity contribution is -0.133. The first-order valence-electron chi connectivity index (χ1n) is 5.13. The predicted octanol–water partition coefficient (Wildman–Crippen LogP) is 1.66. The number of aromatic hydroxyl groups is 1. The van der Waals surface area contributed by atoms with Gasteiger partial charge >= 0.3 is 5.97 Å². The number of thioether (sulfide) groups is 1. The number of aliphatic carboxylic acids is 1. The highest BCUT2D eigenvalue weighted by atomic mass is 32.2. The minimum atomic E-state index is -0.910. The van der Waals surface area contributed by atoms with Crippen LogP contribution in [0.5, 0.6) is 5.75 Å². The summed E-state index contributed by atoms with van der Waals surface area (Å²) >= 11 is 1.05. The fraction of sp³-hybridized carbons (Fsp3) is 0.182. The van der Waals surface area contributed by atoms with E-state index in [2.05, 4.69) is 15.2 Å². The molecule has 0 aliphatic carbocycles. The van der Waals surface area contributed by atoms with Gasteiger partial charge in [-0.15, -0.1) is 5.10 Å². The fourth-order valence-corrected chi connectivity index (χ4v) is 1.89. The Morgan fingerprint density at radius 2 is 2.28 bits per heavy atom. The van der Waals surface area contributed by atoms with Crippen molar-refractivity contribution in [3.63, 3.8) is 0 Å². The zero-order valence-corrected chi connectivity index (χ0v) is 10.4. The van der Waals surface area contributed by atoms with Gasteiger partial charge in [-0.3, -0.25) is 9.89 Å². The summed E-state index contributed by atoms with van der Waals surface area (Å²) in [6.07, 6.45) is 0. The van der Waals surface area contributed by atoms with Crippen LogP contribution in [0.3, 0.4) is 0 Å². The lowest BCUT2D eigenvalue weighted by Gasteiger charge is -2.00. The molecule has 0 atom stereocenters. The van der Waals surface area contributed by atoms with Gasteiger partial charge in [0.2, 0.25) is 5.16 Å². The molecule has 0 bridgehead atoms. The lowest BCUT2D eigenvalue weighted by Crippen LogP contribution is -1.97. The number of hydrogen-bond donors (Lipinski definition) is 3. The van der Waals surface area contributed by atoms with Crippen molar-refractivity contribution in [2.75, 3.05) is 5.75 Å². The van der Waals surface area contributed by atoms with Crippen molar-refractivity contribution < 1.29 is 15.0 Å². The van der Waals surface area contributed by atoms with Crippen LogP contribution in [0.15, 0.2) is 23.4 Å². The average Bonchev–Trinajstić information content (AvgIpc) is 2.79. The first-order chi connectivity index (χ1) is 8.56. The Morgan fingerprint density at radius 1 is 1.50 bits per heavy atom. The number of aryl methyl sites for hydroxylation is 1. The summed E-state index contributed by atoms with van der Waals surface area (Å²) in [6, 6.07) is 5.08. The van der Waals surface area contributed by atoms with E-state index in [1.807, 2.05) is 0 Å². The highest BCUT2D eigenvalue weighted by Gasteiger charge is 2.09. The van der Waals surface area contributed by atoms with E-state index in [4.69, 9.17) is 5.11 Å². The number of aromatic nitrogens is 3. The van der Waals surface area contributed by atoms with Crippen LogP contribution >= 0.6 is 11.8 Å². The summed E-state index contributed by atoms with van der Waals surface area (Å²) < 4.78 is 0. The van der Waals surface area contributed by atoms with E-state index < -0.39 is 5.97 Å². The van der Waals surface area contributed by atoms with Gasteiger partial charge in [0.25, 0.3) is 0 Å². The second-order valence-corrected chi connectivity index (χ2v) is 4.59. The van der Waals surface area contributed by atoms with Crippen LogP contribution in [0, 0.1) is 6.92 Å². The number of aromatic amines is 1. The van der Waals surface area contributed by atoms with Crippen molar-refractivity contribution in [2.45, 2.75) is 12.1 Å². The van der Waals surface area contributed by atoms with E-state index in [9.17, 15) is 9.90 Å². The summed E-state index contributed by atoms with van der Waals surface area (Å²) in [5.41, 5.74) is 1.53.